The summed E-state index contributed by atoms with van der Waals surface area (Å²) in [6.07, 6.45) is 2.57. The van der Waals surface area contributed by atoms with Crippen LogP contribution >= 0.6 is 0 Å². The Morgan fingerprint density at radius 3 is 2.41 bits per heavy atom. The Kier molecular flexibility index (Phi) is 5.41. The highest BCUT2D eigenvalue weighted by Gasteiger charge is 2.27. The van der Waals surface area contributed by atoms with Gasteiger partial charge in [0.25, 0.3) is 0 Å². The molecule has 0 radical (unpaired) electrons. The van der Waals surface area contributed by atoms with E-state index in [0.29, 0.717) is 19.6 Å². The predicted molar refractivity (Wildman–Crippen MR) is 64.4 cm³/mol. The van der Waals surface area contributed by atoms with Gasteiger partial charge in [0.15, 0.2) is 0 Å². The third kappa shape index (κ3) is 4.00. The first-order chi connectivity index (χ1) is 8.08. The lowest BCUT2D eigenvalue weighted by atomic mass is 9.92. The first kappa shape index (κ1) is 14.0. The van der Waals surface area contributed by atoms with Crippen LogP contribution in [0.5, 0.6) is 0 Å². The molecule has 0 bridgehead atoms. The molecule has 1 saturated heterocycles. The molecule has 1 fully saturated rings. The molecule has 1 atom stereocenters. The highest BCUT2D eigenvalue weighted by atomic mass is 16.4. The zero-order valence-corrected chi connectivity index (χ0v) is 10.4. The van der Waals surface area contributed by atoms with Crippen molar-refractivity contribution in [1.29, 1.82) is 0 Å². The number of carbonyl (C=O) groups excluding carboxylic acids is 1. The van der Waals surface area contributed by atoms with Crippen LogP contribution in [0.15, 0.2) is 0 Å². The van der Waals surface area contributed by atoms with Crippen molar-refractivity contribution < 1.29 is 14.7 Å². The minimum atomic E-state index is -0.747. The first-order valence-corrected chi connectivity index (χ1v) is 6.29. The summed E-state index contributed by atoms with van der Waals surface area (Å²) in [7, 11) is 0. The van der Waals surface area contributed by atoms with E-state index < -0.39 is 5.97 Å². The monoisotopic (exact) mass is 242 g/mol. The standard InChI is InChI=1S/C12H22N2O3/c1-2-10(8-13)12(17)14-5-3-9(4-6-14)7-11(15)16/h9-10H,2-8,13H2,1H3,(H,15,16). The average Bonchev–Trinajstić information content (AvgIpc) is 2.30. The van der Waals surface area contributed by atoms with Crippen LogP contribution in [0.25, 0.3) is 0 Å². The van der Waals surface area contributed by atoms with Crippen LogP contribution in [-0.4, -0.2) is 41.5 Å². The highest BCUT2D eigenvalue weighted by Crippen LogP contribution is 2.22. The molecule has 5 heteroatoms. The number of amides is 1. The second kappa shape index (κ2) is 6.59. The maximum absolute atomic E-state index is 12.0. The van der Waals surface area contributed by atoms with Crippen molar-refractivity contribution >= 4 is 11.9 Å². The van der Waals surface area contributed by atoms with Crippen molar-refractivity contribution in [2.45, 2.75) is 32.6 Å². The van der Waals surface area contributed by atoms with E-state index >= 15 is 0 Å². The minimum absolute atomic E-state index is 0.0778. The molecule has 0 aromatic heterocycles. The second-order valence-corrected chi connectivity index (χ2v) is 4.71. The molecular formula is C12H22N2O3. The van der Waals surface area contributed by atoms with Crippen molar-refractivity contribution in [3.63, 3.8) is 0 Å². The summed E-state index contributed by atoms with van der Waals surface area (Å²) in [6, 6.07) is 0. The molecule has 0 aromatic rings. The summed E-state index contributed by atoms with van der Waals surface area (Å²) in [4.78, 5) is 24.4. The number of carboxylic acid groups (broad SMARTS) is 1. The summed E-state index contributed by atoms with van der Waals surface area (Å²) in [5.74, 6) is -0.479. The smallest absolute Gasteiger partial charge is 0.303 e. The van der Waals surface area contributed by atoms with Gasteiger partial charge in [0.05, 0.1) is 5.92 Å². The number of rotatable bonds is 5. The Bertz CT molecular complexity index is 269. The quantitative estimate of drug-likeness (QED) is 0.742. The lowest BCUT2D eigenvalue weighted by molar-refractivity contribution is -0.139. The number of piperidine rings is 1. The molecule has 1 aliphatic heterocycles. The fourth-order valence-electron chi connectivity index (χ4n) is 2.30. The van der Waals surface area contributed by atoms with E-state index in [2.05, 4.69) is 0 Å². The van der Waals surface area contributed by atoms with Gasteiger partial charge in [0.1, 0.15) is 0 Å². The molecular weight excluding hydrogens is 220 g/mol. The van der Waals surface area contributed by atoms with E-state index in [9.17, 15) is 9.59 Å². The van der Waals surface area contributed by atoms with Crippen molar-refractivity contribution in [2.75, 3.05) is 19.6 Å². The van der Waals surface area contributed by atoms with Crippen molar-refractivity contribution in [3.8, 4) is 0 Å². The molecule has 1 rings (SSSR count). The fraction of sp³-hybridized carbons (Fsp3) is 0.833. The minimum Gasteiger partial charge on any atom is -0.481 e. The molecule has 1 aliphatic rings. The van der Waals surface area contributed by atoms with Crippen LogP contribution in [0, 0.1) is 11.8 Å². The number of likely N-dealkylation sites (tertiary alicyclic amines) is 1. The normalized spacial score (nSPS) is 19.1. The SMILES string of the molecule is CCC(CN)C(=O)N1CCC(CC(=O)O)CC1. The van der Waals surface area contributed by atoms with Crippen molar-refractivity contribution in [3.05, 3.63) is 0 Å². The van der Waals surface area contributed by atoms with E-state index in [-0.39, 0.29) is 24.2 Å². The summed E-state index contributed by atoms with van der Waals surface area (Å²) in [5.41, 5.74) is 5.56. The number of hydrogen-bond donors (Lipinski definition) is 2. The molecule has 0 spiro atoms. The molecule has 1 amide bonds. The van der Waals surface area contributed by atoms with E-state index in [0.717, 1.165) is 19.3 Å². The molecule has 17 heavy (non-hydrogen) atoms. The number of nitrogens with zero attached hydrogens (tertiary/aromatic N) is 1. The van der Waals surface area contributed by atoms with Crippen LogP contribution in [0.4, 0.5) is 0 Å². The van der Waals surface area contributed by atoms with Crippen molar-refractivity contribution in [2.24, 2.45) is 17.6 Å². The van der Waals surface area contributed by atoms with Gasteiger partial charge in [-0.05, 0) is 25.2 Å². The number of nitrogens with two attached hydrogens (primary N) is 1. The van der Waals surface area contributed by atoms with Crippen LogP contribution < -0.4 is 5.73 Å². The molecule has 0 saturated carbocycles. The number of carbonyl (C=O) groups is 2. The van der Waals surface area contributed by atoms with Crippen LogP contribution in [0.3, 0.4) is 0 Å². The van der Waals surface area contributed by atoms with Gasteiger partial charge in [0.2, 0.25) is 5.91 Å². The van der Waals surface area contributed by atoms with Gasteiger partial charge >= 0.3 is 5.97 Å². The fourth-order valence-corrected chi connectivity index (χ4v) is 2.30. The zero-order chi connectivity index (χ0) is 12.8. The maximum Gasteiger partial charge on any atom is 0.303 e. The van der Waals surface area contributed by atoms with Gasteiger partial charge in [-0.25, -0.2) is 0 Å². The molecule has 0 aromatic carbocycles. The highest BCUT2D eigenvalue weighted by molar-refractivity contribution is 5.79. The average molecular weight is 242 g/mol. The lowest BCUT2D eigenvalue weighted by Crippen LogP contribution is -2.43. The summed E-state index contributed by atoms with van der Waals surface area (Å²) in [5, 5.41) is 8.71. The van der Waals surface area contributed by atoms with E-state index in [1.165, 1.54) is 0 Å². The topological polar surface area (TPSA) is 83.6 Å². The molecule has 0 aliphatic carbocycles. The summed E-state index contributed by atoms with van der Waals surface area (Å²) < 4.78 is 0. The van der Waals surface area contributed by atoms with E-state index in [1.54, 1.807) is 0 Å². The molecule has 98 valence electrons. The molecule has 5 nitrogen and oxygen atoms in total. The summed E-state index contributed by atoms with van der Waals surface area (Å²) >= 11 is 0. The lowest BCUT2D eigenvalue weighted by Gasteiger charge is -2.33. The number of aliphatic carboxylic acids is 1. The van der Waals surface area contributed by atoms with Gasteiger partial charge in [-0.1, -0.05) is 6.92 Å². The van der Waals surface area contributed by atoms with Gasteiger partial charge in [-0.2, -0.15) is 0 Å². The third-order valence-corrected chi connectivity index (χ3v) is 3.52. The Balaban J connectivity index is 2.40. The Labute approximate surface area is 102 Å². The first-order valence-electron chi connectivity index (χ1n) is 6.29. The van der Waals surface area contributed by atoms with E-state index in [4.69, 9.17) is 10.8 Å². The number of carboxylic acids is 1. The Hall–Kier alpha value is -1.10. The predicted octanol–water partition coefficient (Wildman–Crippen LogP) is 0.685. The van der Waals surface area contributed by atoms with E-state index in [1.807, 2.05) is 11.8 Å². The Morgan fingerprint density at radius 2 is 2.00 bits per heavy atom. The summed E-state index contributed by atoms with van der Waals surface area (Å²) in [6.45, 7) is 3.71. The van der Waals surface area contributed by atoms with Crippen LogP contribution in [0.1, 0.15) is 32.6 Å². The van der Waals surface area contributed by atoms with Gasteiger partial charge in [-0.15, -0.1) is 0 Å². The van der Waals surface area contributed by atoms with Crippen LogP contribution in [0.2, 0.25) is 0 Å². The third-order valence-electron chi connectivity index (χ3n) is 3.52. The largest absolute Gasteiger partial charge is 0.481 e. The van der Waals surface area contributed by atoms with Gasteiger partial charge in [-0.3, -0.25) is 9.59 Å². The second-order valence-electron chi connectivity index (χ2n) is 4.71. The Morgan fingerprint density at radius 1 is 1.41 bits per heavy atom. The van der Waals surface area contributed by atoms with Gasteiger partial charge in [0, 0.05) is 26.1 Å². The van der Waals surface area contributed by atoms with Crippen LogP contribution in [-0.2, 0) is 9.59 Å². The molecule has 3 N–H and O–H groups in total. The maximum atomic E-state index is 12.0. The zero-order valence-electron chi connectivity index (χ0n) is 10.4. The molecule has 1 unspecified atom stereocenters. The van der Waals surface area contributed by atoms with Crippen molar-refractivity contribution in [1.82, 2.24) is 4.90 Å². The molecule has 1 heterocycles. The number of hydrogen-bond acceptors (Lipinski definition) is 3. The van der Waals surface area contributed by atoms with Gasteiger partial charge < -0.3 is 15.7 Å².